The lowest BCUT2D eigenvalue weighted by molar-refractivity contribution is -0.137. The lowest BCUT2D eigenvalue weighted by atomic mass is 9.92. The quantitative estimate of drug-likeness (QED) is 0.293. The summed E-state index contributed by atoms with van der Waals surface area (Å²) < 4.78 is 41.6. The normalized spacial score (nSPS) is 17.9. The Morgan fingerprint density at radius 2 is 1.78 bits per heavy atom. The molecule has 1 saturated carbocycles. The number of hydrogen-bond donors (Lipinski definition) is 4. The maximum atomic E-state index is 13.4. The first kappa shape index (κ1) is 24.5. The lowest BCUT2D eigenvalue weighted by Crippen LogP contribution is -2.33. The molecule has 5 rings (SSSR count). The second kappa shape index (κ2) is 10.1. The molecular weight excluding hydrogens is 485 g/mol. The Bertz CT molecular complexity index is 1400. The summed E-state index contributed by atoms with van der Waals surface area (Å²) in [6, 6.07) is 12.6. The predicted molar refractivity (Wildman–Crippen MR) is 134 cm³/mol. The average Bonchev–Trinajstić information content (AvgIpc) is 3.30. The molecule has 0 saturated heterocycles. The molecule has 0 radical (unpaired) electrons. The van der Waals surface area contributed by atoms with E-state index < -0.39 is 23.3 Å². The number of nitrogens with one attached hydrogen (secondary N) is 3. The summed E-state index contributed by atoms with van der Waals surface area (Å²) >= 11 is 0. The summed E-state index contributed by atoms with van der Waals surface area (Å²) in [5.41, 5.74) is 6.28. The van der Waals surface area contributed by atoms with Gasteiger partial charge < -0.3 is 21.7 Å². The molecule has 1 aliphatic rings. The number of halogens is 3. The van der Waals surface area contributed by atoms with E-state index in [2.05, 4.69) is 31.0 Å². The molecule has 5 N–H and O–H groups in total. The highest BCUT2D eigenvalue weighted by Crippen LogP contribution is 2.34. The van der Waals surface area contributed by atoms with Crippen molar-refractivity contribution in [2.75, 3.05) is 16.0 Å². The van der Waals surface area contributed by atoms with Crippen LogP contribution in [0.5, 0.6) is 0 Å². The van der Waals surface area contributed by atoms with Crippen molar-refractivity contribution in [1.82, 2.24) is 19.6 Å². The third-order valence-electron chi connectivity index (χ3n) is 6.25. The van der Waals surface area contributed by atoms with Crippen LogP contribution in [0.15, 0.2) is 61.1 Å². The highest BCUT2D eigenvalue weighted by atomic mass is 19.4. The molecule has 12 heteroatoms. The van der Waals surface area contributed by atoms with Gasteiger partial charge in [0.05, 0.1) is 23.1 Å². The van der Waals surface area contributed by atoms with Gasteiger partial charge in [0.1, 0.15) is 5.82 Å². The van der Waals surface area contributed by atoms with E-state index in [0.717, 1.165) is 37.4 Å². The van der Waals surface area contributed by atoms with Crippen LogP contribution in [0, 0.1) is 0 Å². The lowest BCUT2D eigenvalue weighted by Gasteiger charge is -2.27. The van der Waals surface area contributed by atoms with Gasteiger partial charge in [0.2, 0.25) is 0 Å². The Morgan fingerprint density at radius 3 is 2.51 bits per heavy atom. The molecule has 1 aromatic carbocycles. The number of rotatable bonds is 6. The summed E-state index contributed by atoms with van der Waals surface area (Å²) in [7, 11) is 0. The third-order valence-corrected chi connectivity index (χ3v) is 6.25. The van der Waals surface area contributed by atoms with Crippen molar-refractivity contribution < 1.29 is 18.0 Å². The SMILES string of the molecule is N[C@H]1CC[C@H](Nc2cc(Nc3ccccc3)c3ncc(C(=O)Nc4ccncc4C(F)(F)F)n3n2)CC1. The molecule has 0 unspecified atom stereocenters. The number of alkyl halides is 3. The van der Waals surface area contributed by atoms with E-state index in [-0.39, 0.29) is 17.8 Å². The van der Waals surface area contributed by atoms with Crippen LogP contribution in [0.1, 0.15) is 41.7 Å². The molecule has 1 aliphatic carbocycles. The zero-order valence-corrected chi connectivity index (χ0v) is 19.7. The van der Waals surface area contributed by atoms with Gasteiger partial charge in [-0.05, 0) is 43.9 Å². The molecule has 3 aromatic heterocycles. The minimum Gasteiger partial charge on any atom is -0.366 e. The van der Waals surface area contributed by atoms with Crippen LogP contribution in [-0.4, -0.2) is 37.6 Å². The molecule has 0 spiro atoms. The number of aromatic nitrogens is 4. The topological polar surface area (TPSA) is 122 Å². The molecule has 9 nitrogen and oxygen atoms in total. The summed E-state index contributed by atoms with van der Waals surface area (Å²) in [5.74, 6) is -0.290. The van der Waals surface area contributed by atoms with E-state index in [1.54, 1.807) is 6.07 Å². The Morgan fingerprint density at radius 1 is 1.03 bits per heavy atom. The minimum atomic E-state index is -4.68. The fourth-order valence-electron chi connectivity index (χ4n) is 4.35. The molecule has 0 aliphatic heterocycles. The van der Waals surface area contributed by atoms with Gasteiger partial charge in [-0.2, -0.15) is 13.2 Å². The number of nitrogens with zero attached hydrogens (tertiary/aromatic N) is 4. The molecule has 192 valence electrons. The van der Waals surface area contributed by atoms with E-state index in [1.807, 2.05) is 30.3 Å². The Balaban J connectivity index is 1.50. The monoisotopic (exact) mass is 510 g/mol. The van der Waals surface area contributed by atoms with Crippen molar-refractivity contribution in [2.24, 2.45) is 5.73 Å². The minimum absolute atomic E-state index is 0.0228. The van der Waals surface area contributed by atoms with Crippen molar-refractivity contribution >= 4 is 34.4 Å². The van der Waals surface area contributed by atoms with Crippen LogP contribution < -0.4 is 21.7 Å². The molecule has 0 bridgehead atoms. The van der Waals surface area contributed by atoms with Gasteiger partial charge in [0.25, 0.3) is 5.91 Å². The first-order valence-electron chi connectivity index (χ1n) is 11.8. The predicted octanol–water partition coefficient (Wildman–Crippen LogP) is 4.82. The average molecular weight is 511 g/mol. The molecule has 0 atom stereocenters. The second-order valence-electron chi connectivity index (χ2n) is 8.94. The van der Waals surface area contributed by atoms with Crippen LogP contribution in [0.2, 0.25) is 0 Å². The van der Waals surface area contributed by atoms with E-state index in [9.17, 15) is 18.0 Å². The molecule has 1 amide bonds. The molecule has 37 heavy (non-hydrogen) atoms. The molecule has 4 aromatic rings. The Hall–Kier alpha value is -4.19. The number of hydrogen-bond acceptors (Lipinski definition) is 7. The van der Waals surface area contributed by atoms with Gasteiger partial charge in [-0.1, -0.05) is 18.2 Å². The zero-order chi connectivity index (χ0) is 26.0. The maximum absolute atomic E-state index is 13.4. The number of para-hydroxylation sites is 1. The highest BCUT2D eigenvalue weighted by Gasteiger charge is 2.34. The van der Waals surface area contributed by atoms with Gasteiger partial charge in [-0.15, -0.1) is 5.10 Å². The number of amides is 1. The number of carbonyl (C=O) groups excluding carboxylic acids is 1. The Labute approximate surface area is 210 Å². The smallest absolute Gasteiger partial charge is 0.366 e. The third kappa shape index (κ3) is 5.48. The second-order valence-corrected chi connectivity index (χ2v) is 8.94. The highest BCUT2D eigenvalue weighted by molar-refractivity contribution is 6.04. The number of anilines is 4. The number of benzene rings is 1. The van der Waals surface area contributed by atoms with E-state index in [0.29, 0.717) is 23.3 Å². The molecule has 3 heterocycles. The summed E-state index contributed by atoms with van der Waals surface area (Å²) in [4.78, 5) is 21.0. The van der Waals surface area contributed by atoms with Crippen molar-refractivity contribution in [3.63, 3.8) is 0 Å². The fraction of sp³-hybridized carbons (Fsp3) is 0.280. The van der Waals surface area contributed by atoms with Crippen LogP contribution in [0.4, 0.5) is 36.1 Å². The van der Waals surface area contributed by atoms with Crippen molar-refractivity contribution in [3.8, 4) is 0 Å². The number of carbonyl (C=O) groups is 1. The van der Waals surface area contributed by atoms with Gasteiger partial charge >= 0.3 is 6.18 Å². The van der Waals surface area contributed by atoms with Crippen molar-refractivity contribution in [2.45, 2.75) is 43.9 Å². The van der Waals surface area contributed by atoms with E-state index >= 15 is 0 Å². The van der Waals surface area contributed by atoms with Gasteiger partial charge in [0.15, 0.2) is 11.3 Å². The van der Waals surface area contributed by atoms with Gasteiger partial charge in [-0.25, -0.2) is 9.50 Å². The van der Waals surface area contributed by atoms with Crippen molar-refractivity contribution in [1.29, 1.82) is 0 Å². The first-order chi connectivity index (χ1) is 17.8. The van der Waals surface area contributed by atoms with Crippen LogP contribution in [-0.2, 0) is 6.18 Å². The fourth-order valence-corrected chi connectivity index (χ4v) is 4.35. The van der Waals surface area contributed by atoms with Crippen molar-refractivity contribution in [3.05, 3.63) is 72.3 Å². The van der Waals surface area contributed by atoms with E-state index in [4.69, 9.17) is 5.73 Å². The number of fused-ring (bicyclic) bond motifs is 1. The summed E-state index contributed by atoms with van der Waals surface area (Å²) in [6.45, 7) is 0. The van der Waals surface area contributed by atoms with Crippen LogP contribution in [0.3, 0.4) is 0 Å². The van der Waals surface area contributed by atoms with Gasteiger partial charge in [0, 0.05) is 36.2 Å². The Kier molecular flexibility index (Phi) is 6.66. The standard InChI is InChI=1S/C25H25F3N8O/c26-25(27,28)18-13-30-11-10-19(18)34-24(37)21-14-31-23-20(32-16-4-2-1-3-5-16)12-22(35-36(21)23)33-17-8-6-15(29)7-9-17/h1-5,10-15,17,32H,6-9,29H2,(H,33,35)(H,30,34,37)/t15-,17-. The maximum Gasteiger partial charge on any atom is 0.419 e. The summed E-state index contributed by atoms with van der Waals surface area (Å²) in [6.07, 6.45) is 1.98. The van der Waals surface area contributed by atoms with Crippen LogP contribution >= 0.6 is 0 Å². The summed E-state index contributed by atoms with van der Waals surface area (Å²) in [5, 5.41) is 13.6. The van der Waals surface area contributed by atoms with E-state index in [1.165, 1.54) is 16.9 Å². The van der Waals surface area contributed by atoms with Gasteiger partial charge in [-0.3, -0.25) is 9.78 Å². The number of nitrogens with two attached hydrogens (primary N) is 1. The van der Waals surface area contributed by atoms with Crippen LogP contribution in [0.25, 0.3) is 5.65 Å². The molecule has 1 fully saturated rings. The zero-order valence-electron chi connectivity index (χ0n) is 19.7. The molecular formula is C25H25F3N8O. The largest absolute Gasteiger partial charge is 0.419 e. The number of imidazole rings is 1. The number of pyridine rings is 1. The first-order valence-corrected chi connectivity index (χ1v) is 11.8.